The topological polar surface area (TPSA) is 79.7 Å². The van der Waals surface area contributed by atoms with E-state index in [1.807, 2.05) is 18.0 Å². The van der Waals surface area contributed by atoms with Crippen molar-refractivity contribution in [3.05, 3.63) is 18.3 Å². The first-order valence-electron chi connectivity index (χ1n) is 8.41. The van der Waals surface area contributed by atoms with Crippen molar-refractivity contribution in [3.63, 3.8) is 0 Å². The molecule has 1 aliphatic rings. The minimum absolute atomic E-state index is 0.0668. The highest BCUT2D eigenvalue weighted by Crippen LogP contribution is 2.29. The second kappa shape index (κ2) is 7.52. The van der Waals surface area contributed by atoms with Gasteiger partial charge in [0.05, 0.1) is 17.8 Å². The van der Waals surface area contributed by atoms with Crippen molar-refractivity contribution in [3.8, 4) is 5.75 Å². The maximum absolute atomic E-state index is 12.5. The number of benzene rings is 1. The number of aromatic nitrogens is 2. The Balaban J connectivity index is 1.78. The third-order valence-electron chi connectivity index (χ3n) is 4.32. The summed E-state index contributed by atoms with van der Waals surface area (Å²) in [6.07, 6.45) is 2.43. The summed E-state index contributed by atoms with van der Waals surface area (Å²) in [7, 11) is 2.06. The van der Waals surface area contributed by atoms with E-state index in [2.05, 4.69) is 22.4 Å². The minimum atomic E-state index is 0.0668. The van der Waals surface area contributed by atoms with Gasteiger partial charge in [-0.25, -0.2) is 0 Å². The van der Waals surface area contributed by atoms with Gasteiger partial charge >= 0.3 is 0 Å². The molecule has 1 N–H and O–H groups in total. The Morgan fingerprint density at radius 2 is 2.08 bits per heavy atom. The van der Waals surface area contributed by atoms with Crippen molar-refractivity contribution in [1.29, 1.82) is 0 Å². The predicted molar refractivity (Wildman–Crippen MR) is 94.7 cm³/mol. The Morgan fingerprint density at radius 3 is 2.76 bits per heavy atom. The lowest BCUT2D eigenvalue weighted by atomic mass is 10.2. The van der Waals surface area contributed by atoms with Gasteiger partial charge in [0.15, 0.2) is 0 Å². The molecule has 1 fully saturated rings. The third-order valence-corrected chi connectivity index (χ3v) is 4.32. The number of nitrogens with one attached hydrogen (secondary N) is 1. The first kappa shape index (κ1) is 17.2. The third kappa shape index (κ3) is 3.90. The number of hydrogen-bond acceptors (Lipinski definition) is 5. The molecule has 2 heterocycles. The van der Waals surface area contributed by atoms with Crippen LogP contribution in [0.3, 0.4) is 0 Å². The molecule has 2 amide bonds. The number of fused-ring (bicyclic) bond motifs is 1. The Kier molecular flexibility index (Phi) is 5.18. The molecule has 0 unspecified atom stereocenters. The number of carbonyl (C=O) groups is 2. The van der Waals surface area contributed by atoms with Crippen LogP contribution in [0.4, 0.5) is 5.69 Å². The molecule has 1 aromatic carbocycles. The second-order valence-corrected chi connectivity index (χ2v) is 6.11. The normalized spacial score (nSPS) is 15.4. The zero-order valence-corrected chi connectivity index (χ0v) is 14.6. The average Bonchev–Trinajstić information content (AvgIpc) is 2.97. The van der Waals surface area contributed by atoms with Gasteiger partial charge in [0, 0.05) is 43.8 Å². The standard InChI is InChI=1S/C17H23N5O3/c1-3-25-16-9-14-13(8-15(16)18-12-23)10-22(19-14)11-17(24)21-6-4-20(2)5-7-21/h8-10,12H,3-7,11H2,1-2H3,(H,18,23). The monoisotopic (exact) mass is 345 g/mol. The Labute approximate surface area is 146 Å². The lowest BCUT2D eigenvalue weighted by molar-refractivity contribution is -0.133. The first-order valence-corrected chi connectivity index (χ1v) is 8.41. The zero-order chi connectivity index (χ0) is 17.8. The summed E-state index contributed by atoms with van der Waals surface area (Å²) in [5, 5.41) is 7.95. The van der Waals surface area contributed by atoms with E-state index in [1.54, 1.807) is 16.8 Å². The van der Waals surface area contributed by atoms with Gasteiger partial charge in [0.2, 0.25) is 12.3 Å². The van der Waals surface area contributed by atoms with Gasteiger partial charge in [-0.1, -0.05) is 0 Å². The van der Waals surface area contributed by atoms with E-state index < -0.39 is 0 Å². The van der Waals surface area contributed by atoms with Crippen LogP contribution in [-0.4, -0.2) is 71.7 Å². The number of ether oxygens (including phenoxy) is 1. The molecule has 0 radical (unpaired) electrons. The molecule has 0 spiro atoms. The summed E-state index contributed by atoms with van der Waals surface area (Å²) in [6.45, 7) is 5.86. The van der Waals surface area contributed by atoms with Gasteiger partial charge in [-0.2, -0.15) is 5.10 Å². The smallest absolute Gasteiger partial charge is 0.244 e. The molecule has 0 aliphatic carbocycles. The predicted octanol–water partition coefficient (Wildman–Crippen LogP) is 0.777. The SMILES string of the molecule is CCOc1cc2nn(CC(=O)N3CCN(C)CC3)cc2cc1NC=O. The van der Waals surface area contributed by atoms with Crippen LogP contribution in [0.5, 0.6) is 5.75 Å². The van der Waals surface area contributed by atoms with Crippen molar-refractivity contribution in [2.45, 2.75) is 13.5 Å². The van der Waals surface area contributed by atoms with Gasteiger partial charge in [0.25, 0.3) is 0 Å². The van der Waals surface area contributed by atoms with Crippen molar-refractivity contribution in [1.82, 2.24) is 19.6 Å². The molecule has 1 aliphatic heterocycles. The Bertz CT molecular complexity index is 765. The Hall–Kier alpha value is -2.61. The quantitative estimate of drug-likeness (QED) is 0.783. The molecule has 0 atom stereocenters. The number of amides is 2. The highest BCUT2D eigenvalue weighted by atomic mass is 16.5. The molecule has 3 rings (SSSR count). The maximum atomic E-state index is 12.5. The summed E-state index contributed by atoms with van der Waals surface area (Å²) >= 11 is 0. The van der Waals surface area contributed by atoms with Crippen LogP contribution in [-0.2, 0) is 16.1 Å². The fourth-order valence-corrected chi connectivity index (χ4v) is 2.93. The van der Waals surface area contributed by atoms with E-state index in [9.17, 15) is 9.59 Å². The van der Waals surface area contributed by atoms with Gasteiger partial charge in [-0.3, -0.25) is 14.3 Å². The lowest BCUT2D eigenvalue weighted by Gasteiger charge is -2.32. The summed E-state index contributed by atoms with van der Waals surface area (Å²) in [6, 6.07) is 3.58. The van der Waals surface area contributed by atoms with Crippen LogP contribution in [0.2, 0.25) is 0 Å². The number of rotatable bonds is 6. The van der Waals surface area contributed by atoms with Crippen LogP contribution < -0.4 is 10.1 Å². The van der Waals surface area contributed by atoms with Crippen LogP contribution in [0.1, 0.15) is 6.92 Å². The summed E-state index contributed by atoms with van der Waals surface area (Å²) in [5.41, 5.74) is 1.32. The van der Waals surface area contributed by atoms with E-state index in [0.29, 0.717) is 24.5 Å². The minimum Gasteiger partial charge on any atom is -0.492 e. The molecule has 8 nitrogen and oxygen atoms in total. The van der Waals surface area contributed by atoms with Gasteiger partial charge < -0.3 is 19.9 Å². The number of likely N-dealkylation sites (N-methyl/N-ethyl adjacent to an activating group) is 1. The molecule has 25 heavy (non-hydrogen) atoms. The molecule has 134 valence electrons. The van der Waals surface area contributed by atoms with Crippen molar-refractivity contribution in [2.75, 3.05) is 45.2 Å². The van der Waals surface area contributed by atoms with Gasteiger partial charge in [-0.15, -0.1) is 0 Å². The highest BCUT2D eigenvalue weighted by molar-refractivity contribution is 5.89. The van der Waals surface area contributed by atoms with Crippen LogP contribution in [0, 0.1) is 0 Å². The summed E-state index contributed by atoms with van der Waals surface area (Å²) < 4.78 is 7.19. The second-order valence-electron chi connectivity index (χ2n) is 6.11. The van der Waals surface area contributed by atoms with E-state index in [1.165, 1.54) is 0 Å². The fraction of sp³-hybridized carbons (Fsp3) is 0.471. The van der Waals surface area contributed by atoms with Crippen LogP contribution >= 0.6 is 0 Å². The number of piperazine rings is 1. The zero-order valence-electron chi connectivity index (χ0n) is 14.6. The van der Waals surface area contributed by atoms with Crippen molar-refractivity contribution < 1.29 is 14.3 Å². The Morgan fingerprint density at radius 1 is 1.32 bits per heavy atom. The first-order chi connectivity index (χ1) is 12.1. The molecular weight excluding hydrogens is 322 g/mol. The van der Waals surface area contributed by atoms with Crippen LogP contribution in [0.25, 0.3) is 10.9 Å². The van der Waals surface area contributed by atoms with E-state index >= 15 is 0 Å². The number of nitrogens with zero attached hydrogens (tertiary/aromatic N) is 4. The highest BCUT2D eigenvalue weighted by Gasteiger charge is 2.19. The number of anilines is 1. The molecular formula is C17H23N5O3. The maximum Gasteiger partial charge on any atom is 0.244 e. The van der Waals surface area contributed by atoms with E-state index in [0.717, 1.165) is 37.1 Å². The van der Waals surface area contributed by atoms with Crippen molar-refractivity contribution in [2.24, 2.45) is 0 Å². The van der Waals surface area contributed by atoms with Gasteiger partial charge in [-0.05, 0) is 20.0 Å². The van der Waals surface area contributed by atoms with Crippen LogP contribution in [0.15, 0.2) is 18.3 Å². The molecule has 8 heteroatoms. The van der Waals surface area contributed by atoms with E-state index in [-0.39, 0.29) is 12.5 Å². The molecule has 0 bridgehead atoms. The number of hydrogen-bond donors (Lipinski definition) is 1. The largest absolute Gasteiger partial charge is 0.492 e. The molecule has 1 saturated heterocycles. The average molecular weight is 345 g/mol. The molecule has 0 saturated carbocycles. The lowest BCUT2D eigenvalue weighted by Crippen LogP contribution is -2.48. The molecule has 1 aromatic heterocycles. The number of carbonyl (C=O) groups excluding carboxylic acids is 2. The summed E-state index contributed by atoms with van der Waals surface area (Å²) in [5.74, 6) is 0.634. The van der Waals surface area contributed by atoms with E-state index in [4.69, 9.17) is 4.74 Å². The fourth-order valence-electron chi connectivity index (χ4n) is 2.93. The summed E-state index contributed by atoms with van der Waals surface area (Å²) in [4.78, 5) is 27.3. The van der Waals surface area contributed by atoms with Crippen molar-refractivity contribution >= 4 is 28.9 Å². The van der Waals surface area contributed by atoms with Gasteiger partial charge in [0.1, 0.15) is 12.3 Å². The molecule has 2 aromatic rings.